The van der Waals surface area contributed by atoms with Crippen LogP contribution in [0.3, 0.4) is 0 Å². The number of thioether (sulfide) groups is 1. The van der Waals surface area contributed by atoms with Crippen LogP contribution in [0, 0.1) is 10.1 Å². The van der Waals surface area contributed by atoms with E-state index in [4.69, 9.17) is 17.0 Å². The van der Waals surface area contributed by atoms with Gasteiger partial charge in [-0.25, -0.2) is 0 Å². The molecule has 1 amide bonds. The first kappa shape index (κ1) is 16.9. The zero-order valence-corrected chi connectivity index (χ0v) is 14.6. The van der Waals surface area contributed by atoms with Crippen LogP contribution in [0.25, 0.3) is 6.08 Å². The van der Waals surface area contributed by atoms with Gasteiger partial charge in [0.05, 0.1) is 23.0 Å². The molecule has 0 saturated carbocycles. The highest BCUT2D eigenvalue weighted by molar-refractivity contribution is 8.26. The Bertz CT molecular complexity index is 744. The number of hydrogen-bond acceptors (Lipinski definition) is 7. The van der Waals surface area contributed by atoms with E-state index in [0.717, 1.165) is 5.69 Å². The highest BCUT2D eigenvalue weighted by Gasteiger charge is 2.29. The summed E-state index contributed by atoms with van der Waals surface area (Å²) in [5.74, 6) is -0.190. The molecule has 3 rings (SSSR count). The van der Waals surface area contributed by atoms with Crippen molar-refractivity contribution in [2.24, 2.45) is 0 Å². The molecule has 0 unspecified atom stereocenters. The van der Waals surface area contributed by atoms with Crippen molar-refractivity contribution in [1.29, 1.82) is 0 Å². The van der Waals surface area contributed by atoms with Gasteiger partial charge in [-0.3, -0.25) is 19.8 Å². The number of amides is 1. The average molecular weight is 365 g/mol. The fourth-order valence-corrected chi connectivity index (χ4v) is 3.72. The van der Waals surface area contributed by atoms with Gasteiger partial charge < -0.3 is 9.64 Å². The number of nitro groups is 1. The molecule has 0 N–H and O–H groups in total. The van der Waals surface area contributed by atoms with E-state index in [1.165, 1.54) is 28.8 Å². The highest BCUT2D eigenvalue weighted by atomic mass is 32.2. The molecule has 126 valence electrons. The smallest absolute Gasteiger partial charge is 0.270 e. The molecule has 2 aliphatic rings. The molecule has 2 saturated heterocycles. The molecule has 2 heterocycles. The summed E-state index contributed by atoms with van der Waals surface area (Å²) in [5, 5.41) is 11.1. The lowest BCUT2D eigenvalue weighted by Crippen LogP contribution is -2.36. The largest absolute Gasteiger partial charge is 0.378 e. The number of likely N-dealkylation sites (N-methyl/N-ethyl adjacent to an activating group) is 1. The van der Waals surface area contributed by atoms with Crippen molar-refractivity contribution in [1.82, 2.24) is 4.90 Å². The molecule has 1 aromatic rings. The second kappa shape index (κ2) is 6.88. The first-order valence-corrected chi connectivity index (χ1v) is 8.52. The highest BCUT2D eigenvalue weighted by Crippen LogP contribution is 2.35. The number of non-ortho nitro benzene ring substituents is 1. The molecule has 7 nitrogen and oxygen atoms in total. The van der Waals surface area contributed by atoms with Crippen molar-refractivity contribution >= 4 is 51.7 Å². The van der Waals surface area contributed by atoms with Crippen LogP contribution in [0.15, 0.2) is 23.1 Å². The van der Waals surface area contributed by atoms with Crippen LogP contribution >= 0.6 is 24.0 Å². The van der Waals surface area contributed by atoms with Crippen LogP contribution in [0.2, 0.25) is 0 Å². The van der Waals surface area contributed by atoms with Gasteiger partial charge in [0.2, 0.25) is 0 Å². The molecular formula is C15H15N3O4S2. The summed E-state index contributed by atoms with van der Waals surface area (Å²) in [5.41, 5.74) is 1.48. The molecule has 0 bridgehead atoms. The van der Waals surface area contributed by atoms with Crippen molar-refractivity contribution in [3.63, 3.8) is 0 Å². The fraction of sp³-hybridized carbons (Fsp3) is 0.333. The summed E-state index contributed by atoms with van der Waals surface area (Å²) >= 11 is 6.33. The Morgan fingerprint density at radius 2 is 2.08 bits per heavy atom. The number of ether oxygens (including phenoxy) is 1. The lowest BCUT2D eigenvalue weighted by molar-refractivity contribution is -0.384. The van der Waals surface area contributed by atoms with Crippen molar-refractivity contribution in [2.45, 2.75) is 0 Å². The number of carbonyl (C=O) groups is 1. The van der Waals surface area contributed by atoms with Crippen LogP contribution in [0.5, 0.6) is 0 Å². The van der Waals surface area contributed by atoms with Gasteiger partial charge in [0.25, 0.3) is 11.6 Å². The number of nitrogens with zero attached hydrogens (tertiary/aromatic N) is 3. The number of carbonyl (C=O) groups excluding carboxylic acids is 1. The Labute approximate surface area is 148 Å². The van der Waals surface area contributed by atoms with Crippen molar-refractivity contribution in [3.05, 3.63) is 38.8 Å². The quantitative estimate of drug-likeness (QED) is 0.352. The predicted octanol–water partition coefficient (Wildman–Crippen LogP) is 2.26. The average Bonchev–Trinajstić information content (AvgIpc) is 2.82. The lowest BCUT2D eigenvalue weighted by Gasteiger charge is -2.30. The zero-order chi connectivity index (χ0) is 17.3. The molecule has 0 aromatic heterocycles. The molecule has 0 spiro atoms. The molecule has 24 heavy (non-hydrogen) atoms. The Kier molecular flexibility index (Phi) is 4.83. The van der Waals surface area contributed by atoms with Gasteiger partial charge in [-0.05, 0) is 12.1 Å². The zero-order valence-electron chi connectivity index (χ0n) is 12.9. The van der Waals surface area contributed by atoms with Crippen LogP contribution in [0.4, 0.5) is 11.4 Å². The topological polar surface area (TPSA) is 75.9 Å². The van der Waals surface area contributed by atoms with E-state index in [2.05, 4.69) is 4.90 Å². The van der Waals surface area contributed by atoms with Crippen LogP contribution in [0.1, 0.15) is 5.56 Å². The first-order chi connectivity index (χ1) is 11.5. The molecule has 0 aliphatic carbocycles. The molecule has 2 aliphatic heterocycles. The van der Waals surface area contributed by atoms with Gasteiger partial charge in [-0.2, -0.15) is 0 Å². The predicted molar refractivity (Wildman–Crippen MR) is 97.1 cm³/mol. The maximum Gasteiger partial charge on any atom is 0.270 e. The van der Waals surface area contributed by atoms with Gasteiger partial charge in [0, 0.05) is 43.5 Å². The third-order valence-electron chi connectivity index (χ3n) is 3.85. The van der Waals surface area contributed by atoms with Crippen LogP contribution in [-0.2, 0) is 9.53 Å². The normalized spacial score (nSPS) is 20.1. The van der Waals surface area contributed by atoms with Crippen molar-refractivity contribution in [3.8, 4) is 0 Å². The van der Waals surface area contributed by atoms with E-state index in [1.54, 1.807) is 19.2 Å². The third kappa shape index (κ3) is 3.28. The van der Waals surface area contributed by atoms with Crippen molar-refractivity contribution < 1.29 is 14.5 Å². The Morgan fingerprint density at radius 3 is 2.67 bits per heavy atom. The summed E-state index contributed by atoms with van der Waals surface area (Å²) in [6.07, 6.45) is 1.68. The number of nitro benzene ring substituents is 1. The van der Waals surface area contributed by atoms with E-state index in [1.807, 2.05) is 0 Å². The number of rotatable bonds is 3. The molecule has 1 aromatic carbocycles. The Balaban J connectivity index is 2.03. The minimum Gasteiger partial charge on any atom is -0.378 e. The Morgan fingerprint density at radius 1 is 1.38 bits per heavy atom. The summed E-state index contributed by atoms with van der Waals surface area (Å²) < 4.78 is 5.83. The number of benzene rings is 1. The maximum absolute atomic E-state index is 12.2. The van der Waals surface area contributed by atoms with Gasteiger partial charge >= 0.3 is 0 Å². The van der Waals surface area contributed by atoms with Gasteiger partial charge in [-0.1, -0.05) is 24.0 Å². The second-order valence-corrected chi connectivity index (χ2v) is 7.02. The maximum atomic E-state index is 12.2. The SMILES string of the molecule is CN1C(=O)/C(=C\c2cc([N+](=O)[O-])ccc2N2CCOCC2)SC1=S. The fourth-order valence-electron chi connectivity index (χ4n) is 2.55. The minimum atomic E-state index is -0.439. The van der Waals surface area contributed by atoms with Crippen molar-refractivity contribution in [2.75, 3.05) is 38.3 Å². The lowest BCUT2D eigenvalue weighted by atomic mass is 10.1. The summed E-state index contributed by atoms with van der Waals surface area (Å²) in [6.45, 7) is 2.61. The van der Waals surface area contributed by atoms with E-state index >= 15 is 0 Å². The number of anilines is 1. The third-order valence-corrected chi connectivity index (χ3v) is 5.33. The molecule has 9 heteroatoms. The standard InChI is InChI=1S/C15H15N3O4S2/c1-16-14(19)13(24-15(16)23)9-10-8-11(18(20)21)2-3-12(10)17-4-6-22-7-5-17/h2-3,8-9H,4-7H2,1H3/b13-9+. The molecule has 2 fully saturated rings. The van der Waals surface area contributed by atoms with E-state index in [-0.39, 0.29) is 11.6 Å². The Hall–Kier alpha value is -1.97. The molecule has 0 radical (unpaired) electrons. The number of hydrogen-bond donors (Lipinski definition) is 0. The van der Waals surface area contributed by atoms with Gasteiger partial charge in [-0.15, -0.1) is 0 Å². The van der Waals surface area contributed by atoms with Gasteiger partial charge in [0.15, 0.2) is 0 Å². The summed E-state index contributed by atoms with van der Waals surface area (Å²) in [6, 6.07) is 4.70. The number of morpholine rings is 1. The van der Waals surface area contributed by atoms with Crippen LogP contribution < -0.4 is 4.90 Å². The summed E-state index contributed by atoms with van der Waals surface area (Å²) in [4.78, 5) is 26.8. The van der Waals surface area contributed by atoms with Crippen LogP contribution in [-0.4, -0.2) is 53.4 Å². The van der Waals surface area contributed by atoms with E-state index < -0.39 is 4.92 Å². The molecular weight excluding hydrogens is 350 g/mol. The first-order valence-electron chi connectivity index (χ1n) is 7.30. The van der Waals surface area contributed by atoms with E-state index in [9.17, 15) is 14.9 Å². The minimum absolute atomic E-state index is 0.00904. The summed E-state index contributed by atoms with van der Waals surface area (Å²) in [7, 11) is 1.62. The monoisotopic (exact) mass is 365 g/mol. The molecule has 0 atom stereocenters. The number of thiocarbonyl (C=S) groups is 1. The van der Waals surface area contributed by atoms with E-state index in [0.29, 0.717) is 41.1 Å². The second-order valence-electron chi connectivity index (χ2n) is 5.34. The van der Waals surface area contributed by atoms with Gasteiger partial charge in [0.1, 0.15) is 4.32 Å².